The highest BCUT2D eigenvalue weighted by molar-refractivity contribution is 6.30. The van der Waals surface area contributed by atoms with Gasteiger partial charge in [-0.25, -0.2) is 4.52 Å². The van der Waals surface area contributed by atoms with Crippen LogP contribution in [0.2, 0.25) is 5.02 Å². The van der Waals surface area contributed by atoms with Gasteiger partial charge in [-0.15, -0.1) is 5.10 Å². The fourth-order valence-electron chi connectivity index (χ4n) is 2.27. The molecule has 5 nitrogen and oxygen atoms in total. The van der Waals surface area contributed by atoms with Gasteiger partial charge in [0.05, 0.1) is 5.02 Å². The molecule has 2 aromatic heterocycles. The molecule has 0 amide bonds. The maximum Gasteiger partial charge on any atom is 0.243 e. The fourth-order valence-corrected chi connectivity index (χ4v) is 2.42. The first kappa shape index (κ1) is 11.7. The van der Waals surface area contributed by atoms with E-state index >= 15 is 0 Å². The number of fused-ring (bicyclic) bond motifs is 1. The lowest BCUT2D eigenvalue weighted by Gasteiger charge is -2.22. The standard InChI is InChI=1S/C12H16ClN5/c13-10-3-4-11-16-12(17-18(11)8-10)15-7-9-2-1-5-14-6-9/h3-4,8-9,14H,1-2,5-7H2,(H,15,17). The summed E-state index contributed by atoms with van der Waals surface area (Å²) in [6.07, 6.45) is 4.27. The number of anilines is 1. The smallest absolute Gasteiger partial charge is 0.243 e. The monoisotopic (exact) mass is 265 g/mol. The Morgan fingerprint density at radius 2 is 2.44 bits per heavy atom. The molecule has 1 aliphatic rings. The van der Waals surface area contributed by atoms with E-state index in [4.69, 9.17) is 11.6 Å². The first-order valence-electron chi connectivity index (χ1n) is 6.28. The van der Waals surface area contributed by atoms with Crippen molar-refractivity contribution in [3.8, 4) is 0 Å². The van der Waals surface area contributed by atoms with Crippen LogP contribution in [0.15, 0.2) is 18.3 Å². The van der Waals surface area contributed by atoms with Crippen LogP contribution < -0.4 is 10.6 Å². The summed E-state index contributed by atoms with van der Waals surface area (Å²) in [4.78, 5) is 4.40. The molecule has 96 valence electrons. The summed E-state index contributed by atoms with van der Waals surface area (Å²) >= 11 is 5.91. The highest BCUT2D eigenvalue weighted by atomic mass is 35.5. The minimum Gasteiger partial charge on any atom is -0.353 e. The van der Waals surface area contributed by atoms with Crippen LogP contribution in [0.5, 0.6) is 0 Å². The summed E-state index contributed by atoms with van der Waals surface area (Å²) < 4.78 is 1.70. The van der Waals surface area contributed by atoms with E-state index in [2.05, 4.69) is 20.7 Å². The van der Waals surface area contributed by atoms with Gasteiger partial charge in [0, 0.05) is 12.7 Å². The van der Waals surface area contributed by atoms with Crippen LogP contribution in [0, 0.1) is 5.92 Å². The third-order valence-corrected chi connectivity index (χ3v) is 3.47. The number of rotatable bonds is 3. The van der Waals surface area contributed by atoms with Crippen LogP contribution in [0.25, 0.3) is 5.65 Å². The Bertz CT molecular complexity index is 532. The van der Waals surface area contributed by atoms with Crippen molar-refractivity contribution < 1.29 is 0 Å². The minimum absolute atomic E-state index is 0.661. The van der Waals surface area contributed by atoms with E-state index < -0.39 is 0 Å². The Kier molecular flexibility index (Phi) is 3.34. The number of nitrogens with one attached hydrogen (secondary N) is 2. The van der Waals surface area contributed by atoms with Crippen molar-refractivity contribution in [1.29, 1.82) is 0 Å². The molecule has 1 aliphatic heterocycles. The second kappa shape index (κ2) is 5.12. The number of nitrogens with zero attached hydrogens (tertiary/aromatic N) is 3. The average Bonchev–Trinajstić information content (AvgIpc) is 2.79. The molecule has 0 spiro atoms. The van der Waals surface area contributed by atoms with Crippen LogP contribution in [0.3, 0.4) is 0 Å². The van der Waals surface area contributed by atoms with E-state index in [1.54, 1.807) is 10.7 Å². The molecule has 2 N–H and O–H groups in total. The minimum atomic E-state index is 0.661. The van der Waals surface area contributed by atoms with Crippen molar-refractivity contribution in [2.45, 2.75) is 12.8 Å². The van der Waals surface area contributed by atoms with E-state index in [0.717, 1.165) is 25.3 Å². The Morgan fingerprint density at radius 1 is 1.50 bits per heavy atom. The topological polar surface area (TPSA) is 54.2 Å². The zero-order valence-electron chi connectivity index (χ0n) is 10.1. The normalized spacial score (nSPS) is 20.2. The molecule has 18 heavy (non-hydrogen) atoms. The highest BCUT2D eigenvalue weighted by Gasteiger charge is 2.13. The molecule has 0 radical (unpaired) electrons. The maximum atomic E-state index is 5.91. The van der Waals surface area contributed by atoms with Crippen molar-refractivity contribution in [3.05, 3.63) is 23.4 Å². The second-order valence-corrected chi connectivity index (χ2v) is 5.12. The van der Waals surface area contributed by atoms with Crippen LogP contribution in [0.1, 0.15) is 12.8 Å². The van der Waals surface area contributed by atoms with E-state index in [9.17, 15) is 0 Å². The van der Waals surface area contributed by atoms with E-state index in [1.807, 2.05) is 12.1 Å². The Morgan fingerprint density at radius 3 is 3.28 bits per heavy atom. The van der Waals surface area contributed by atoms with Gasteiger partial charge in [0.2, 0.25) is 5.95 Å². The first-order chi connectivity index (χ1) is 8.81. The number of halogens is 1. The largest absolute Gasteiger partial charge is 0.353 e. The molecule has 0 bridgehead atoms. The number of piperidine rings is 1. The quantitative estimate of drug-likeness (QED) is 0.889. The predicted molar refractivity (Wildman–Crippen MR) is 72.1 cm³/mol. The lowest BCUT2D eigenvalue weighted by molar-refractivity contribution is 0.392. The van der Waals surface area contributed by atoms with Gasteiger partial charge in [-0.3, -0.25) is 0 Å². The van der Waals surface area contributed by atoms with E-state index in [1.165, 1.54) is 12.8 Å². The molecule has 1 fully saturated rings. The van der Waals surface area contributed by atoms with Crippen LogP contribution >= 0.6 is 11.6 Å². The molecule has 3 heterocycles. The lowest BCUT2D eigenvalue weighted by Crippen LogP contribution is -2.33. The Balaban J connectivity index is 1.67. The van der Waals surface area contributed by atoms with Gasteiger partial charge in [-0.05, 0) is 44.0 Å². The van der Waals surface area contributed by atoms with Crippen molar-refractivity contribution in [3.63, 3.8) is 0 Å². The summed E-state index contributed by atoms with van der Waals surface area (Å²) in [5.74, 6) is 1.33. The number of hydrogen-bond donors (Lipinski definition) is 2. The number of aromatic nitrogens is 3. The van der Waals surface area contributed by atoms with Crippen LogP contribution in [0.4, 0.5) is 5.95 Å². The second-order valence-electron chi connectivity index (χ2n) is 4.68. The van der Waals surface area contributed by atoms with Gasteiger partial charge in [-0.2, -0.15) is 4.98 Å². The summed E-state index contributed by atoms with van der Waals surface area (Å²) in [6.45, 7) is 3.13. The Hall–Kier alpha value is -1.33. The van der Waals surface area contributed by atoms with Gasteiger partial charge >= 0.3 is 0 Å². The van der Waals surface area contributed by atoms with Gasteiger partial charge < -0.3 is 10.6 Å². The van der Waals surface area contributed by atoms with Gasteiger partial charge in [-0.1, -0.05) is 11.6 Å². The van der Waals surface area contributed by atoms with Crippen molar-refractivity contribution in [2.24, 2.45) is 5.92 Å². The number of pyridine rings is 1. The lowest BCUT2D eigenvalue weighted by atomic mass is 10.00. The van der Waals surface area contributed by atoms with E-state index in [-0.39, 0.29) is 0 Å². The number of hydrogen-bond acceptors (Lipinski definition) is 4. The van der Waals surface area contributed by atoms with Crippen LogP contribution in [-0.2, 0) is 0 Å². The third-order valence-electron chi connectivity index (χ3n) is 3.24. The zero-order valence-corrected chi connectivity index (χ0v) is 10.8. The van der Waals surface area contributed by atoms with Gasteiger partial charge in [0.25, 0.3) is 0 Å². The summed E-state index contributed by atoms with van der Waals surface area (Å²) in [5, 5.41) is 11.7. The van der Waals surface area contributed by atoms with Gasteiger partial charge in [0.15, 0.2) is 5.65 Å². The molecule has 2 aromatic rings. The summed E-state index contributed by atoms with van der Waals surface area (Å²) in [6, 6.07) is 3.68. The molecule has 1 saturated heterocycles. The van der Waals surface area contributed by atoms with Crippen molar-refractivity contribution in [2.75, 3.05) is 25.0 Å². The molecule has 1 atom stereocenters. The van der Waals surface area contributed by atoms with Gasteiger partial charge in [0.1, 0.15) is 0 Å². The fraction of sp³-hybridized carbons (Fsp3) is 0.500. The average molecular weight is 266 g/mol. The van der Waals surface area contributed by atoms with Crippen LogP contribution in [-0.4, -0.2) is 34.2 Å². The zero-order chi connectivity index (χ0) is 12.4. The maximum absolute atomic E-state index is 5.91. The Labute approximate surface area is 111 Å². The third kappa shape index (κ3) is 2.57. The summed E-state index contributed by atoms with van der Waals surface area (Å²) in [5.41, 5.74) is 0.809. The molecule has 0 aliphatic carbocycles. The molecule has 0 aromatic carbocycles. The molecular formula is C12H16ClN5. The molecule has 0 saturated carbocycles. The predicted octanol–water partition coefficient (Wildman–Crippen LogP) is 1.79. The van der Waals surface area contributed by atoms with E-state index in [0.29, 0.717) is 16.9 Å². The highest BCUT2D eigenvalue weighted by Crippen LogP contribution is 2.13. The molecule has 3 rings (SSSR count). The molecular weight excluding hydrogens is 250 g/mol. The van der Waals surface area contributed by atoms with Crippen molar-refractivity contribution in [1.82, 2.24) is 19.9 Å². The molecule has 6 heteroatoms. The summed E-state index contributed by atoms with van der Waals surface area (Å²) in [7, 11) is 0. The van der Waals surface area contributed by atoms with Crippen molar-refractivity contribution >= 4 is 23.2 Å². The molecule has 1 unspecified atom stereocenters. The first-order valence-corrected chi connectivity index (χ1v) is 6.65. The SMILES string of the molecule is Clc1ccc2nc(NCC3CCCNC3)nn2c1.